The van der Waals surface area contributed by atoms with Gasteiger partial charge in [0.2, 0.25) is 0 Å². The number of aromatic hydroxyl groups is 1. The first-order chi connectivity index (χ1) is 21.7. The number of amides is 1. The van der Waals surface area contributed by atoms with Gasteiger partial charge >= 0.3 is 5.69 Å². The van der Waals surface area contributed by atoms with E-state index in [1.807, 2.05) is 6.07 Å². The molecule has 1 aliphatic heterocycles. The lowest BCUT2D eigenvalue weighted by molar-refractivity contribution is 0.0492. The van der Waals surface area contributed by atoms with E-state index in [-0.39, 0.29) is 41.1 Å². The van der Waals surface area contributed by atoms with Crippen molar-refractivity contribution in [2.24, 2.45) is 0 Å². The normalized spacial score (nSPS) is 17.8. The van der Waals surface area contributed by atoms with Gasteiger partial charge in [-0.3, -0.25) is 14.2 Å². The summed E-state index contributed by atoms with van der Waals surface area (Å²) in [5, 5.41) is 13.1. The Morgan fingerprint density at radius 3 is 2.56 bits per heavy atom. The number of rotatable bonds is 5. The Balaban J connectivity index is 1.18. The number of phenolic OH excluding ortho intramolecular Hbond substituents is 1. The highest BCUT2D eigenvalue weighted by Crippen LogP contribution is 2.29. The fourth-order valence-electron chi connectivity index (χ4n) is 6.08. The molecule has 7 rings (SSSR count). The van der Waals surface area contributed by atoms with Crippen LogP contribution in [0, 0.1) is 5.82 Å². The van der Waals surface area contributed by atoms with Gasteiger partial charge in [0.05, 0.1) is 17.3 Å². The molecule has 45 heavy (non-hydrogen) atoms. The molecule has 0 spiro atoms. The fraction of sp³-hybridized carbons (Fsp3) is 0.219. The summed E-state index contributed by atoms with van der Waals surface area (Å²) < 4.78 is 31.9. The highest BCUT2D eigenvalue weighted by atomic mass is 19.2. The molecule has 11 nitrogen and oxygen atoms in total. The van der Waals surface area contributed by atoms with E-state index in [1.54, 1.807) is 42.5 Å². The molecule has 0 atom stereocenters. The van der Waals surface area contributed by atoms with Gasteiger partial charge in [-0.15, -0.1) is 0 Å². The number of halogens is 2. The third-order valence-electron chi connectivity index (χ3n) is 8.31. The van der Waals surface area contributed by atoms with E-state index in [0.717, 1.165) is 23.4 Å². The van der Waals surface area contributed by atoms with E-state index in [1.165, 1.54) is 32.2 Å². The van der Waals surface area contributed by atoms with Crippen molar-refractivity contribution in [3.05, 3.63) is 111 Å². The fourth-order valence-corrected chi connectivity index (χ4v) is 6.08. The van der Waals surface area contributed by atoms with E-state index < -0.39 is 23.1 Å². The Morgan fingerprint density at radius 2 is 1.78 bits per heavy atom. The second kappa shape index (κ2) is 11.2. The van der Waals surface area contributed by atoms with Gasteiger partial charge in [-0.2, -0.15) is 5.12 Å². The first-order valence-electron chi connectivity index (χ1n) is 14.5. The standard InChI is InChI=1S/C32H27F2N7O4/c33-21-15-26-29(35-16-21)40(24-3-1-2-20(14-24)19-4-10-25(42)11-5-19)32(45)41(31(26)44)23-8-6-22(7-9-23)36-30(43)27-17-38-18-39(34)13-12-28(38)37-27/h1-5,10-17,22-23,42H,6-9,18H2,(H,36,43). The van der Waals surface area contributed by atoms with Gasteiger partial charge in [0.1, 0.15) is 29.8 Å². The summed E-state index contributed by atoms with van der Waals surface area (Å²) in [6.45, 7) is -0.0597. The van der Waals surface area contributed by atoms with Crippen molar-refractivity contribution in [3.8, 4) is 22.6 Å². The van der Waals surface area contributed by atoms with Crippen LogP contribution >= 0.6 is 0 Å². The zero-order valence-corrected chi connectivity index (χ0v) is 23.8. The molecule has 13 heteroatoms. The molecule has 2 aromatic carbocycles. The van der Waals surface area contributed by atoms with Crippen LogP contribution in [-0.4, -0.2) is 45.8 Å². The van der Waals surface area contributed by atoms with Crippen LogP contribution in [0.1, 0.15) is 48.0 Å². The molecule has 3 aromatic heterocycles. The maximum absolute atomic E-state index is 14.4. The molecule has 1 saturated carbocycles. The molecule has 5 aromatic rings. The van der Waals surface area contributed by atoms with Crippen molar-refractivity contribution < 1.29 is 18.8 Å². The van der Waals surface area contributed by atoms with Crippen molar-refractivity contribution >= 4 is 23.0 Å². The van der Waals surface area contributed by atoms with Gasteiger partial charge in [-0.25, -0.2) is 23.7 Å². The van der Waals surface area contributed by atoms with E-state index >= 15 is 0 Å². The number of imidazole rings is 1. The Kier molecular flexibility index (Phi) is 6.99. The highest BCUT2D eigenvalue weighted by Gasteiger charge is 2.29. The van der Waals surface area contributed by atoms with Gasteiger partial charge in [0, 0.05) is 24.5 Å². The molecule has 2 N–H and O–H groups in total. The SMILES string of the molecule is O=C(NC1CCC(n2c(=O)c3cc(F)cnc3n(-c3cccc(-c4ccc(O)cc4)c3)c2=O)CC1)c1cn2c(n1)C=CN(F)C2. The molecule has 1 fully saturated rings. The van der Waals surface area contributed by atoms with Gasteiger partial charge in [-0.1, -0.05) is 28.7 Å². The number of carbonyl (C=O) groups excluding carboxylic acids is 1. The number of hydrogen-bond acceptors (Lipinski definition) is 7. The molecule has 1 aliphatic carbocycles. The number of nitrogens with one attached hydrogen (secondary N) is 1. The molecule has 0 unspecified atom stereocenters. The third-order valence-corrected chi connectivity index (χ3v) is 8.31. The second-order valence-electron chi connectivity index (χ2n) is 11.2. The molecule has 0 radical (unpaired) electrons. The number of carbonyl (C=O) groups is 1. The van der Waals surface area contributed by atoms with Crippen molar-refractivity contribution in [2.75, 3.05) is 0 Å². The van der Waals surface area contributed by atoms with Crippen molar-refractivity contribution in [1.82, 2.24) is 34.1 Å². The van der Waals surface area contributed by atoms with Crippen LogP contribution < -0.4 is 16.6 Å². The van der Waals surface area contributed by atoms with Crippen LogP contribution in [-0.2, 0) is 6.67 Å². The van der Waals surface area contributed by atoms with Crippen LogP contribution in [0.15, 0.2) is 82.8 Å². The predicted molar refractivity (Wildman–Crippen MR) is 162 cm³/mol. The quantitative estimate of drug-likeness (QED) is 0.284. The van der Waals surface area contributed by atoms with E-state index in [4.69, 9.17) is 0 Å². The molecule has 1 amide bonds. The van der Waals surface area contributed by atoms with E-state index in [9.17, 15) is 28.4 Å². The van der Waals surface area contributed by atoms with Gasteiger partial charge in [-0.05, 0) is 73.2 Å². The highest BCUT2D eigenvalue weighted by molar-refractivity contribution is 5.92. The van der Waals surface area contributed by atoms with Crippen LogP contribution in [0.4, 0.5) is 8.87 Å². The molecule has 0 bridgehead atoms. The minimum Gasteiger partial charge on any atom is -0.508 e. The molecule has 2 aliphatic rings. The first-order valence-corrected chi connectivity index (χ1v) is 14.5. The van der Waals surface area contributed by atoms with Crippen molar-refractivity contribution in [2.45, 2.75) is 44.4 Å². The van der Waals surface area contributed by atoms with Crippen LogP contribution in [0.3, 0.4) is 0 Å². The molecule has 228 valence electrons. The average Bonchev–Trinajstić information content (AvgIpc) is 3.46. The summed E-state index contributed by atoms with van der Waals surface area (Å²) >= 11 is 0. The number of benzene rings is 2. The Labute approximate surface area is 254 Å². The number of fused-ring (bicyclic) bond motifs is 2. The molecular formula is C32H27F2N7O4. The topological polar surface area (TPSA) is 127 Å². The lowest BCUT2D eigenvalue weighted by Crippen LogP contribution is -2.45. The summed E-state index contributed by atoms with van der Waals surface area (Å²) in [5.41, 5.74) is 0.999. The smallest absolute Gasteiger partial charge is 0.337 e. The first kappa shape index (κ1) is 28.2. The van der Waals surface area contributed by atoms with Crippen molar-refractivity contribution in [1.29, 1.82) is 0 Å². The molecular weight excluding hydrogens is 584 g/mol. The average molecular weight is 612 g/mol. The van der Waals surface area contributed by atoms with Crippen LogP contribution in [0.2, 0.25) is 0 Å². The monoisotopic (exact) mass is 611 g/mol. The lowest BCUT2D eigenvalue weighted by atomic mass is 9.90. The summed E-state index contributed by atoms with van der Waals surface area (Å²) in [4.78, 5) is 49.1. The van der Waals surface area contributed by atoms with Gasteiger partial charge in [0.25, 0.3) is 11.5 Å². The van der Waals surface area contributed by atoms with E-state index in [0.29, 0.717) is 42.3 Å². The number of pyridine rings is 1. The number of aromatic nitrogens is 5. The van der Waals surface area contributed by atoms with Crippen LogP contribution in [0.25, 0.3) is 33.9 Å². The minimum atomic E-state index is -0.698. The van der Waals surface area contributed by atoms with Crippen molar-refractivity contribution in [3.63, 3.8) is 0 Å². The lowest BCUT2D eigenvalue weighted by Gasteiger charge is -2.30. The van der Waals surface area contributed by atoms with E-state index in [2.05, 4.69) is 15.3 Å². The predicted octanol–water partition coefficient (Wildman–Crippen LogP) is 4.30. The summed E-state index contributed by atoms with van der Waals surface area (Å²) in [6, 6.07) is 14.1. The number of hydrogen-bond donors (Lipinski definition) is 2. The second-order valence-corrected chi connectivity index (χ2v) is 11.2. The minimum absolute atomic E-state index is 0.0234. The zero-order chi connectivity index (χ0) is 31.2. The zero-order valence-electron chi connectivity index (χ0n) is 23.8. The Bertz CT molecular complexity index is 2090. The molecule has 4 heterocycles. The Hall–Kier alpha value is -5.59. The third kappa shape index (κ3) is 5.26. The molecule has 0 saturated heterocycles. The number of phenols is 1. The van der Waals surface area contributed by atoms with Crippen LogP contribution in [0.5, 0.6) is 5.75 Å². The maximum atomic E-state index is 14.4. The largest absolute Gasteiger partial charge is 0.508 e. The summed E-state index contributed by atoms with van der Waals surface area (Å²) in [6.07, 6.45) is 7.00. The maximum Gasteiger partial charge on any atom is 0.337 e. The number of nitrogens with zero attached hydrogens (tertiary/aromatic N) is 6. The summed E-state index contributed by atoms with van der Waals surface area (Å²) in [5.74, 6) is -0.489. The van der Waals surface area contributed by atoms with Gasteiger partial charge < -0.3 is 15.0 Å². The summed E-state index contributed by atoms with van der Waals surface area (Å²) in [7, 11) is 0. The Morgan fingerprint density at radius 1 is 1.00 bits per heavy atom. The van der Waals surface area contributed by atoms with Gasteiger partial charge in [0.15, 0.2) is 5.65 Å².